The van der Waals surface area contributed by atoms with E-state index in [1.54, 1.807) is 0 Å². The molecule has 20 heavy (non-hydrogen) atoms. The predicted molar refractivity (Wildman–Crippen MR) is 78.5 cm³/mol. The molecule has 0 unspecified atom stereocenters. The van der Waals surface area contributed by atoms with Gasteiger partial charge in [-0.25, -0.2) is 0 Å². The molecule has 0 radical (unpaired) electrons. The van der Waals surface area contributed by atoms with Crippen LogP contribution in [0.15, 0.2) is 5.16 Å². The number of carbonyl (C=O) groups excluding carboxylic acids is 1. The Morgan fingerprint density at radius 2 is 1.85 bits per heavy atom. The van der Waals surface area contributed by atoms with E-state index < -0.39 is 5.41 Å². The summed E-state index contributed by atoms with van der Waals surface area (Å²) in [5.74, 6) is 1.57. The third kappa shape index (κ3) is 2.63. The lowest BCUT2D eigenvalue weighted by atomic mass is 9.81. The minimum Gasteiger partial charge on any atom is -0.409 e. The number of hydrogen-bond acceptors (Lipinski definition) is 3. The van der Waals surface area contributed by atoms with Crippen LogP contribution < -0.4 is 5.73 Å². The van der Waals surface area contributed by atoms with Gasteiger partial charge in [0.2, 0.25) is 5.91 Å². The van der Waals surface area contributed by atoms with Crippen molar-refractivity contribution in [3.05, 3.63) is 0 Å². The fourth-order valence-electron chi connectivity index (χ4n) is 3.73. The van der Waals surface area contributed by atoms with E-state index in [-0.39, 0.29) is 11.7 Å². The van der Waals surface area contributed by atoms with Crippen molar-refractivity contribution in [3.8, 4) is 0 Å². The molecule has 5 heteroatoms. The summed E-state index contributed by atoms with van der Waals surface area (Å²) >= 11 is 0. The molecular formula is C15H27N3O2. The van der Waals surface area contributed by atoms with Gasteiger partial charge in [0.15, 0.2) is 5.84 Å². The van der Waals surface area contributed by atoms with Crippen LogP contribution in [0.25, 0.3) is 0 Å². The van der Waals surface area contributed by atoms with Crippen LogP contribution >= 0.6 is 0 Å². The van der Waals surface area contributed by atoms with Crippen molar-refractivity contribution >= 4 is 11.7 Å². The van der Waals surface area contributed by atoms with Crippen LogP contribution in [0.5, 0.6) is 0 Å². The normalized spacial score (nSPS) is 24.4. The molecular weight excluding hydrogens is 254 g/mol. The summed E-state index contributed by atoms with van der Waals surface area (Å²) in [5.41, 5.74) is 5.11. The molecule has 2 aliphatic rings. The minimum absolute atomic E-state index is 0.0764. The van der Waals surface area contributed by atoms with E-state index in [1.165, 1.54) is 0 Å². The van der Waals surface area contributed by atoms with E-state index in [2.05, 4.69) is 19.0 Å². The van der Waals surface area contributed by atoms with Crippen LogP contribution in [-0.4, -0.2) is 34.9 Å². The lowest BCUT2D eigenvalue weighted by Crippen LogP contribution is -2.52. The third-order valence-corrected chi connectivity index (χ3v) is 5.23. The monoisotopic (exact) mass is 281 g/mol. The van der Waals surface area contributed by atoms with E-state index in [0.29, 0.717) is 24.7 Å². The summed E-state index contributed by atoms with van der Waals surface area (Å²) in [7, 11) is 0. The maximum atomic E-state index is 12.9. The summed E-state index contributed by atoms with van der Waals surface area (Å²) in [6.45, 7) is 6.11. The van der Waals surface area contributed by atoms with Crippen molar-refractivity contribution in [1.29, 1.82) is 0 Å². The summed E-state index contributed by atoms with van der Waals surface area (Å²) in [5, 5.41) is 12.2. The Hall–Kier alpha value is -1.26. The fourth-order valence-corrected chi connectivity index (χ4v) is 3.73. The zero-order valence-electron chi connectivity index (χ0n) is 12.6. The first kappa shape index (κ1) is 15.1. The van der Waals surface area contributed by atoms with Crippen molar-refractivity contribution in [2.75, 3.05) is 13.1 Å². The van der Waals surface area contributed by atoms with Crippen LogP contribution in [0.1, 0.15) is 52.4 Å². The molecule has 0 spiro atoms. The molecule has 0 aromatic carbocycles. The second-order valence-electron chi connectivity index (χ2n) is 6.65. The van der Waals surface area contributed by atoms with Gasteiger partial charge in [0.1, 0.15) is 5.41 Å². The number of rotatable bonds is 3. The average Bonchev–Trinajstić information content (AvgIpc) is 2.96. The Kier molecular flexibility index (Phi) is 4.55. The molecule has 1 amide bonds. The summed E-state index contributed by atoms with van der Waals surface area (Å²) < 4.78 is 0. The SMILES string of the molecule is CC(C)C1CCN(C(=O)C2(C(N)=NO)CCCC2)CC1. The van der Waals surface area contributed by atoms with E-state index in [9.17, 15) is 4.79 Å². The standard InChI is InChI=1S/C15H27N3O2/c1-11(2)12-5-9-18(10-6-12)14(19)15(13(16)17-20)7-3-4-8-15/h11-12,20H,3-10H2,1-2H3,(H2,16,17). The second-order valence-corrected chi connectivity index (χ2v) is 6.65. The lowest BCUT2D eigenvalue weighted by Gasteiger charge is -2.38. The number of hydrogen-bond donors (Lipinski definition) is 2. The fraction of sp³-hybridized carbons (Fsp3) is 0.867. The maximum absolute atomic E-state index is 12.9. The molecule has 0 aromatic rings. The number of carbonyl (C=O) groups is 1. The van der Waals surface area contributed by atoms with Gasteiger partial charge in [-0.1, -0.05) is 31.8 Å². The zero-order valence-corrected chi connectivity index (χ0v) is 12.6. The predicted octanol–water partition coefficient (Wildman–Crippen LogP) is 2.19. The Morgan fingerprint density at radius 1 is 1.30 bits per heavy atom. The average molecular weight is 281 g/mol. The number of likely N-dealkylation sites (tertiary alicyclic amines) is 1. The highest BCUT2D eigenvalue weighted by molar-refractivity contribution is 6.07. The molecule has 1 heterocycles. The van der Waals surface area contributed by atoms with Crippen molar-refractivity contribution in [1.82, 2.24) is 4.90 Å². The Morgan fingerprint density at radius 3 is 2.30 bits per heavy atom. The van der Waals surface area contributed by atoms with Gasteiger partial charge in [-0.05, 0) is 37.5 Å². The number of amides is 1. The molecule has 3 N–H and O–H groups in total. The van der Waals surface area contributed by atoms with Gasteiger partial charge in [0, 0.05) is 13.1 Å². The van der Waals surface area contributed by atoms with Gasteiger partial charge in [0.05, 0.1) is 0 Å². The van der Waals surface area contributed by atoms with Crippen molar-refractivity contribution < 1.29 is 10.0 Å². The zero-order chi connectivity index (χ0) is 14.8. The highest BCUT2D eigenvalue weighted by Crippen LogP contribution is 2.41. The first-order valence-electron chi connectivity index (χ1n) is 7.78. The molecule has 1 aliphatic heterocycles. The summed E-state index contributed by atoms with van der Waals surface area (Å²) in [4.78, 5) is 14.8. The molecule has 0 atom stereocenters. The summed E-state index contributed by atoms with van der Waals surface area (Å²) in [6.07, 6.45) is 5.51. The summed E-state index contributed by atoms with van der Waals surface area (Å²) in [6, 6.07) is 0. The van der Waals surface area contributed by atoms with Crippen LogP contribution in [0, 0.1) is 17.3 Å². The Labute approximate surface area is 121 Å². The first-order valence-corrected chi connectivity index (χ1v) is 7.78. The van der Waals surface area contributed by atoms with Crippen molar-refractivity contribution in [2.24, 2.45) is 28.1 Å². The van der Waals surface area contributed by atoms with Crippen LogP contribution in [-0.2, 0) is 4.79 Å². The molecule has 114 valence electrons. The maximum Gasteiger partial charge on any atom is 0.236 e. The second kappa shape index (κ2) is 6.02. The Balaban J connectivity index is 2.07. The van der Waals surface area contributed by atoms with Gasteiger partial charge in [-0.15, -0.1) is 0 Å². The van der Waals surface area contributed by atoms with Crippen LogP contribution in [0.3, 0.4) is 0 Å². The highest BCUT2D eigenvalue weighted by Gasteiger charge is 2.47. The number of nitrogens with two attached hydrogens (primary N) is 1. The van der Waals surface area contributed by atoms with Crippen molar-refractivity contribution in [2.45, 2.75) is 52.4 Å². The number of nitrogens with zero attached hydrogens (tertiary/aromatic N) is 2. The van der Waals surface area contributed by atoms with Crippen molar-refractivity contribution in [3.63, 3.8) is 0 Å². The minimum atomic E-state index is -0.737. The Bertz CT molecular complexity index is 379. The van der Waals surface area contributed by atoms with E-state index in [4.69, 9.17) is 10.9 Å². The third-order valence-electron chi connectivity index (χ3n) is 5.23. The largest absolute Gasteiger partial charge is 0.409 e. The van der Waals surface area contributed by atoms with Crippen LogP contribution in [0.2, 0.25) is 0 Å². The molecule has 0 bridgehead atoms. The van der Waals surface area contributed by atoms with Gasteiger partial charge in [-0.3, -0.25) is 4.79 Å². The van der Waals surface area contributed by atoms with E-state index in [1.807, 2.05) is 4.90 Å². The molecule has 1 saturated carbocycles. The highest BCUT2D eigenvalue weighted by atomic mass is 16.4. The number of oxime groups is 1. The quantitative estimate of drug-likeness (QED) is 0.360. The topological polar surface area (TPSA) is 78.9 Å². The smallest absolute Gasteiger partial charge is 0.236 e. The molecule has 2 rings (SSSR count). The van der Waals surface area contributed by atoms with Gasteiger partial charge >= 0.3 is 0 Å². The number of piperidine rings is 1. The molecule has 1 saturated heterocycles. The van der Waals surface area contributed by atoms with Gasteiger partial charge < -0.3 is 15.8 Å². The van der Waals surface area contributed by atoms with Crippen LogP contribution in [0.4, 0.5) is 0 Å². The van der Waals surface area contributed by atoms with Gasteiger partial charge in [0.25, 0.3) is 0 Å². The first-order chi connectivity index (χ1) is 9.51. The molecule has 2 fully saturated rings. The number of amidine groups is 1. The van der Waals surface area contributed by atoms with E-state index in [0.717, 1.165) is 38.8 Å². The lowest BCUT2D eigenvalue weighted by molar-refractivity contribution is -0.140. The molecule has 5 nitrogen and oxygen atoms in total. The van der Waals surface area contributed by atoms with Gasteiger partial charge in [-0.2, -0.15) is 0 Å². The van der Waals surface area contributed by atoms with E-state index >= 15 is 0 Å². The molecule has 1 aliphatic carbocycles. The molecule has 0 aromatic heterocycles.